The maximum Gasteiger partial charge on any atom is 0.317 e. The largest absolute Gasteiger partial charge is 0.465 e. The molecule has 0 bridgehead atoms. The molecule has 0 aromatic heterocycles. The number of esters is 1. The fourth-order valence-corrected chi connectivity index (χ4v) is 3.33. The van der Waals surface area contributed by atoms with Crippen molar-refractivity contribution in [2.45, 2.75) is 26.2 Å². The SMILES string of the molecule is CCOC(=O)C1Cc2cc(F)ccc2C1=O.O=C1CCc2cc(F)ccc21. The van der Waals surface area contributed by atoms with Gasteiger partial charge in [0.2, 0.25) is 0 Å². The third-order valence-electron chi connectivity index (χ3n) is 4.63. The molecule has 2 aromatic carbocycles. The van der Waals surface area contributed by atoms with Gasteiger partial charge in [-0.25, -0.2) is 8.78 Å². The highest BCUT2D eigenvalue weighted by molar-refractivity contribution is 6.12. The number of benzene rings is 2. The predicted molar refractivity (Wildman–Crippen MR) is 93.6 cm³/mol. The summed E-state index contributed by atoms with van der Waals surface area (Å²) in [7, 11) is 0. The first kappa shape index (κ1) is 18.9. The molecule has 2 aromatic rings. The zero-order valence-electron chi connectivity index (χ0n) is 14.8. The third kappa shape index (κ3) is 3.94. The fraction of sp³-hybridized carbons (Fsp3) is 0.286. The summed E-state index contributed by atoms with van der Waals surface area (Å²) in [6, 6.07) is 8.30. The number of ketones is 2. The molecule has 0 fully saturated rings. The lowest BCUT2D eigenvalue weighted by atomic mass is 10.1. The van der Waals surface area contributed by atoms with Crippen molar-refractivity contribution in [2.75, 3.05) is 6.61 Å². The Bertz CT molecular complexity index is 920. The molecule has 2 aliphatic rings. The number of rotatable bonds is 2. The van der Waals surface area contributed by atoms with Gasteiger partial charge in [0.25, 0.3) is 0 Å². The molecule has 140 valence electrons. The average molecular weight is 372 g/mol. The number of halogens is 2. The highest BCUT2D eigenvalue weighted by Gasteiger charge is 2.36. The first-order valence-electron chi connectivity index (χ1n) is 8.71. The third-order valence-corrected chi connectivity index (χ3v) is 4.63. The Morgan fingerprint density at radius 3 is 2.30 bits per heavy atom. The normalized spacial score (nSPS) is 17.1. The highest BCUT2D eigenvalue weighted by atomic mass is 19.1. The molecule has 0 aliphatic heterocycles. The Kier molecular flexibility index (Phi) is 5.44. The van der Waals surface area contributed by atoms with Crippen molar-refractivity contribution in [3.8, 4) is 0 Å². The number of Topliss-reactive ketones (excluding diaryl/α,β-unsaturated/α-hetero) is 2. The van der Waals surface area contributed by atoms with Crippen LogP contribution in [0, 0.1) is 17.6 Å². The Hall–Kier alpha value is -2.89. The second-order valence-corrected chi connectivity index (χ2v) is 6.40. The van der Waals surface area contributed by atoms with E-state index in [1.807, 2.05) is 0 Å². The Balaban J connectivity index is 0.000000166. The summed E-state index contributed by atoms with van der Waals surface area (Å²) in [6.45, 7) is 1.93. The van der Waals surface area contributed by atoms with Crippen LogP contribution < -0.4 is 0 Å². The highest BCUT2D eigenvalue weighted by Crippen LogP contribution is 2.28. The smallest absolute Gasteiger partial charge is 0.317 e. The van der Waals surface area contributed by atoms with Gasteiger partial charge in [-0.3, -0.25) is 14.4 Å². The minimum absolute atomic E-state index is 0.139. The maximum absolute atomic E-state index is 12.9. The molecule has 27 heavy (non-hydrogen) atoms. The van der Waals surface area contributed by atoms with Gasteiger partial charge in [0, 0.05) is 17.5 Å². The van der Waals surface area contributed by atoms with Crippen LogP contribution in [0.1, 0.15) is 45.2 Å². The molecule has 0 saturated heterocycles. The van der Waals surface area contributed by atoms with Gasteiger partial charge in [0.05, 0.1) is 6.61 Å². The predicted octanol–water partition coefficient (Wildman–Crippen LogP) is 3.70. The molecule has 2 aliphatic carbocycles. The summed E-state index contributed by atoms with van der Waals surface area (Å²) in [5.74, 6) is -2.09. The van der Waals surface area contributed by atoms with Gasteiger partial charge < -0.3 is 4.74 Å². The quantitative estimate of drug-likeness (QED) is 0.596. The van der Waals surface area contributed by atoms with Gasteiger partial charge in [-0.05, 0) is 67.3 Å². The van der Waals surface area contributed by atoms with Gasteiger partial charge >= 0.3 is 5.97 Å². The maximum atomic E-state index is 12.9. The number of ether oxygens (including phenoxy) is 1. The molecule has 0 amide bonds. The standard InChI is InChI=1S/C12H11FO3.C9H7FO/c1-2-16-12(15)10-6-7-5-8(13)3-4-9(7)11(10)14;10-7-2-3-8-6(5-7)1-4-9(8)11/h3-5,10H,2,6H2,1H3;2-3,5H,1,4H2. The number of fused-ring (bicyclic) bond motifs is 2. The number of aryl methyl sites for hydroxylation is 1. The van der Waals surface area contributed by atoms with E-state index in [4.69, 9.17) is 4.74 Å². The summed E-state index contributed by atoms with van der Waals surface area (Å²) in [4.78, 5) is 34.3. The molecule has 0 spiro atoms. The van der Waals surface area contributed by atoms with E-state index >= 15 is 0 Å². The van der Waals surface area contributed by atoms with E-state index in [9.17, 15) is 23.2 Å². The monoisotopic (exact) mass is 372 g/mol. The van der Waals surface area contributed by atoms with Crippen LogP contribution in [-0.4, -0.2) is 24.1 Å². The van der Waals surface area contributed by atoms with Crippen molar-refractivity contribution < 1.29 is 27.9 Å². The molecule has 4 nitrogen and oxygen atoms in total. The van der Waals surface area contributed by atoms with Crippen LogP contribution in [0.5, 0.6) is 0 Å². The lowest BCUT2D eigenvalue weighted by Gasteiger charge is -2.05. The molecular formula is C21H18F2O4. The number of hydrogen-bond donors (Lipinski definition) is 0. The topological polar surface area (TPSA) is 60.4 Å². The number of carbonyl (C=O) groups excluding carboxylic acids is 3. The van der Waals surface area contributed by atoms with Crippen LogP contribution >= 0.6 is 0 Å². The van der Waals surface area contributed by atoms with E-state index in [1.165, 1.54) is 30.3 Å². The van der Waals surface area contributed by atoms with Crippen LogP contribution in [0.15, 0.2) is 36.4 Å². The minimum Gasteiger partial charge on any atom is -0.465 e. The fourth-order valence-electron chi connectivity index (χ4n) is 3.33. The van der Waals surface area contributed by atoms with Crippen LogP contribution in [0.4, 0.5) is 8.78 Å². The van der Waals surface area contributed by atoms with Crippen molar-refractivity contribution in [1.29, 1.82) is 0 Å². The summed E-state index contributed by atoms with van der Waals surface area (Å²) >= 11 is 0. The molecule has 1 atom stereocenters. The zero-order chi connectivity index (χ0) is 19.6. The first-order chi connectivity index (χ1) is 12.9. The van der Waals surface area contributed by atoms with Gasteiger partial charge in [-0.2, -0.15) is 0 Å². The van der Waals surface area contributed by atoms with E-state index in [0.29, 0.717) is 29.5 Å². The molecule has 6 heteroatoms. The summed E-state index contributed by atoms with van der Waals surface area (Å²) < 4.78 is 30.3. The van der Waals surface area contributed by atoms with Crippen molar-refractivity contribution in [3.05, 3.63) is 70.3 Å². The average Bonchev–Trinajstić information content (AvgIpc) is 3.15. The molecule has 0 saturated carbocycles. The number of carbonyl (C=O) groups is 3. The van der Waals surface area contributed by atoms with Crippen LogP contribution in [0.2, 0.25) is 0 Å². The second kappa shape index (κ2) is 7.78. The van der Waals surface area contributed by atoms with E-state index in [2.05, 4.69) is 0 Å². The van der Waals surface area contributed by atoms with Gasteiger partial charge in [0.15, 0.2) is 11.6 Å². The van der Waals surface area contributed by atoms with Crippen molar-refractivity contribution in [3.63, 3.8) is 0 Å². The lowest BCUT2D eigenvalue weighted by molar-refractivity contribution is -0.145. The molecule has 1 unspecified atom stereocenters. The Morgan fingerprint density at radius 1 is 1.00 bits per heavy atom. The van der Waals surface area contributed by atoms with E-state index in [0.717, 1.165) is 5.56 Å². The van der Waals surface area contributed by atoms with Gasteiger partial charge in [-0.15, -0.1) is 0 Å². The molecule has 0 heterocycles. The first-order valence-corrected chi connectivity index (χ1v) is 8.71. The zero-order valence-corrected chi connectivity index (χ0v) is 14.8. The molecular weight excluding hydrogens is 354 g/mol. The summed E-state index contributed by atoms with van der Waals surface area (Å²) in [5.41, 5.74) is 2.57. The van der Waals surface area contributed by atoms with Crippen molar-refractivity contribution >= 4 is 17.5 Å². The number of hydrogen-bond acceptors (Lipinski definition) is 4. The summed E-state index contributed by atoms with van der Waals surface area (Å²) in [6.07, 6.45) is 1.48. The summed E-state index contributed by atoms with van der Waals surface area (Å²) in [5, 5.41) is 0. The lowest BCUT2D eigenvalue weighted by Crippen LogP contribution is -2.23. The van der Waals surface area contributed by atoms with Crippen LogP contribution in [0.3, 0.4) is 0 Å². The van der Waals surface area contributed by atoms with E-state index in [-0.39, 0.29) is 30.4 Å². The van der Waals surface area contributed by atoms with Crippen LogP contribution in [-0.2, 0) is 22.4 Å². The van der Waals surface area contributed by atoms with E-state index in [1.54, 1.807) is 13.0 Å². The van der Waals surface area contributed by atoms with Crippen molar-refractivity contribution in [1.82, 2.24) is 0 Å². The second-order valence-electron chi connectivity index (χ2n) is 6.40. The van der Waals surface area contributed by atoms with Crippen LogP contribution in [0.25, 0.3) is 0 Å². The Morgan fingerprint density at radius 2 is 1.63 bits per heavy atom. The van der Waals surface area contributed by atoms with E-state index < -0.39 is 17.7 Å². The molecule has 0 radical (unpaired) electrons. The molecule has 4 rings (SSSR count). The van der Waals surface area contributed by atoms with Gasteiger partial charge in [0.1, 0.15) is 17.6 Å². The van der Waals surface area contributed by atoms with Crippen molar-refractivity contribution in [2.24, 2.45) is 5.92 Å². The molecule has 0 N–H and O–H groups in total. The van der Waals surface area contributed by atoms with Gasteiger partial charge in [-0.1, -0.05) is 0 Å². The Labute approximate surface area is 155 Å². The minimum atomic E-state index is -0.795.